The first-order chi connectivity index (χ1) is 8.13. The van der Waals surface area contributed by atoms with Crippen LogP contribution < -0.4 is 16.0 Å². The van der Waals surface area contributed by atoms with Crippen LogP contribution in [0.5, 0.6) is 0 Å². The number of hydrogen-bond donors (Lipinski definition) is 3. The van der Waals surface area contributed by atoms with Gasteiger partial charge in [0.1, 0.15) is 0 Å². The van der Waals surface area contributed by atoms with E-state index in [0.717, 1.165) is 26.1 Å². The average molecular weight is 279 g/mol. The lowest BCUT2D eigenvalue weighted by atomic mass is 10.2. The molecule has 1 atom stereocenters. The van der Waals surface area contributed by atoms with E-state index in [0.29, 0.717) is 12.6 Å². The van der Waals surface area contributed by atoms with Crippen molar-refractivity contribution >= 4 is 24.3 Å². The molecule has 0 radical (unpaired) electrons. The number of carbonyl (C=O) groups is 2. The van der Waals surface area contributed by atoms with Gasteiger partial charge in [-0.2, -0.15) is 0 Å². The molecule has 1 fully saturated rings. The molecule has 0 unspecified atom stereocenters. The largest absolute Gasteiger partial charge is 0.338 e. The molecule has 7 heteroatoms. The van der Waals surface area contributed by atoms with Crippen LogP contribution in [-0.2, 0) is 4.79 Å². The van der Waals surface area contributed by atoms with E-state index < -0.39 is 6.03 Å². The summed E-state index contributed by atoms with van der Waals surface area (Å²) in [5, 5.41) is 8.20. The Bertz CT molecular complexity index is 276. The molecule has 0 aromatic rings. The Kier molecular flexibility index (Phi) is 8.70. The highest BCUT2D eigenvalue weighted by molar-refractivity contribution is 5.95. The average Bonchev–Trinajstić information content (AvgIpc) is 2.29. The van der Waals surface area contributed by atoms with Crippen LogP contribution >= 0.6 is 12.4 Å². The van der Waals surface area contributed by atoms with Crippen LogP contribution in [0.15, 0.2) is 0 Å². The summed E-state index contributed by atoms with van der Waals surface area (Å²) in [6.45, 7) is 7.51. The fourth-order valence-corrected chi connectivity index (χ4v) is 1.75. The molecule has 3 amide bonds. The highest BCUT2D eigenvalue weighted by Crippen LogP contribution is 2.00. The Labute approximate surface area is 114 Å². The van der Waals surface area contributed by atoms with Gasteiger partial charge in [0.25, 0.3) is 0 Å². The monoisotopic (exact) mass is 278 g/mol. The quantitative estimate of drug-likeness (QED) is 0.674. The number of hydrogen-bond acceptors (Lipinski definition) is 4. The van der Waals surface area contributed by atoms with E-state index in [2.05, 4.69) is 27.8 Å². The lowest BCUT2D eigenvalue weighted by molar-refractivity contribution is -0.121. The third kappa shape index (κ3) is 6.18. The molecule has 0 aromatic heterocycles. The first-order valence-electron chi connectivity index (χ1n) is 6.16. The Morgan fingerprint density at radius 1 is 1.44 bits per heavy atom. The molecule has 0 aliphatic carbocycles. The summed E-state index contributed by atoms with van der Waals surface area (Å²) in [5.41, 5.74) is 0. The SMILES string of the molecule is CCCNC(=O)NC(=O)CN1CCNC[C@@H]1C.Cl. The Morgan fingerprint density at radius 3 is 2.78 bits per heavy atom. The summed E-state index contributed by atoms with van der Waals surface area (Å²) in [5.74, 6) is -0.243. The van der Waals surface area contributed by atoms with E-state index in [4.69, 9.17) is 0 Å². The van der Waals surface area contributed by atoms with Crippen molar-refractivity contribution in [3.05, 3.63) is 0 Å². The van der Waals surface area contributed by atoms with Crippen molar-refractivity contribution in [2.75, 3.05) is 32.7 Å². The molecular formula is C11H23ClN4O2. The van der Waals surface area contributed by atoms with E-state index in [1.807, 2.05) is 6.92 Å². The van der Waals surface area contributed by atoms with Crippen LogP contribution in [0.4, 0.5) is 4.79 Å². The Balaban J connectivity index is 0.00000289. The summed E-state index contributed by atoms with van der Waals surface area (Å²) >= 11 is 0. The highest BCUT2D eigenvalue weighted by atomic mass is 35.5. The van der Waals surface area contributed by atoms with Crippen molar-refractivity contribution in [3.8, 4) is 0 Å². The normalized spacial score (nSPS) is 19.8. The van der Waals surface area contributed by atoms with Crippen molar-refractivity contribution in [1.29, 1.82) is 0 Å². The number of urea groups is 1. The smallest absolute Gasteiger partial charge is 0.321 e. The maximum absolute atomic E-state index is 11.6. The summed E-state index contributed by atoms with van der Waals surface area (Å²) < 4.78 is 0. The van der Waals surface area contributed by atoms with Gasteiger partial charge < -0.3 is 10.6 Å². The summed E-state index contributed by atoms with van der Waals surface area (Å²) in [6, 6.07) is -0.0761. The molecule has 0 bridgehead atoms. The summed E-state index contributed by atoms with van der Waals surface area (Å²) in [6.07, 6.45) is 0.858. The van der Waals surface area contributed by atoms with Gasteiger partial charge in [0.15, 0.2) is 0 Å². The number of imide groups is 1. The van der Waals surface area contributed by atoms with Crippen molar-refractivity contribution in [2.24, 2.45) is 0 Å². The van der Waals surface area contributed by atoms with Gasteiger partial charge in [0, 0.05) is 32.2 Å². The van der Waals surface area contributed by atoms with Crippen LogP contribution in [0.25, 0.3) is 0 Å². The number of nitrogens with one attached hydrogen (secondary N) is 3. The summed E-state index contributed by atoms with van der Waals surface area (Å²) in [4.78, 5) is 24.9. The lowest BCUT2D eigenvalue weighted by Gasteiger charge is -2.33. The standard InChI is InChI=1S/C11H22N4O2.ClH/c1-3-4-13-11(17)14-10(16)8-15-6-5-12-7-9(15)2;/h9,12H,3-8H2,1-2H3,(H2,13,14,16,17);1H/t9-;/m0./s1. The maximum atomic E-state index is 11.6. The van der Waals surface area contributed by atoms with Crippen LogP contribution in [0.3, 0.4) is 0 Å². The van der Waals surface area contributed by atoms with Gasteiger partial charge in [0.05, 0.1) is 6.54 Å². The van der Waals surface area contributed by atoms with E-state index >= 15 is 0 Å². The van der Waals surface area contributed by atoms with Crippen LogP contribution in [0.2, 0.25) is 0 Å². The fourth-order valence-electron chi connectivity index (χ4n) is 1.75. The zero-order valence-corrected chi connectivity index (χ0v) is 11.8. The molecule has 1 saturated heterocycles. The molecular weight excluding hydrogens is 256 g/mol. The molecule has 18 heavy (non-hydrogen) atoms. The van der Waals surface area contributed by atoms with E-state index in [1.165, 1.54) is 0 Å². The number of nitrogens with zero attached hydrogens (tertiary/aromatic N) is 1. The fraction of sp³-hybridized carbons (Fsp3) is 0.818. The topological polar surface area (TPSA) is 73.5 Å². The Morgan fingerprint density at radius 2 is 2.17 bits per heavy atom. The maximum Gasteiger partial charge on any atom is 0.321 e. The predicted octanol–water partition coefficient (Wildman–Crippen LogP) is -0.0623. The van der Waals surface area contributed by atoms with E-state index in [1.54, 1.807) is 0 Å². The van der Waals surface area contributed by atoms with Gasteiger partial charge in [-0.25, -0.2) is 4.79 Å². The van der Waals surface area contributed by atoms with Gasteiger partial charge >= 0.3 is 6.03 Å². The number of amides is 3. The molecule has 106 valence electrons. The van der Waals surface area contributed by atoms with Crippen LogP contribution in [0.1, 0.15) is 20.3 Å². The van der Waals surface area contributed by atoms with Crippen molar-refractivity contribution in [3.63, 3.8) is 0 Å². The molecule has 1 heterocycles. The van der Waals surface area contributed by atoms with Gasteiger partial charge in [-0.05, 0) is 13.3 Å². The van der Waals surface area contributed by atoms with Crippen LogP contribution in [-0.4, -0.2) is 55.6 Å². The number of carbonyl (C=O) groups excluding carboxylic acids is 2. The zero-order valence-electron chi connectivity index (χ0n) is 11.0. The van der Waals surface area contributed by atoms with Crippen molar-refractivity contribution < 1.29 is 9.59 Å². The predicted molar refractivity (Wildman–Crippen MR) is 73.0 cm³/mol. The number of piperazine rings is 1. The first-order valence-corrected chi connectivity index (χ1v) is 6.16. The summed E-state index contributed by atoms with van der Waals surface area (Å²) in [7, 11) is 0. The molecule has 0 spiro atoms. The van der Waals surface area contributed by atoms with Gasteiger partial charge in [-0.1, -0.05) is 6.92 Å². The second-order valence-corrected chi connectivity index (χ2v) is 4.33. The number of halogens is 1. The minimum atomic E-state index is -0.403. The second kappa shape index (κ2) is 9.13. The third-order valence-corrected chi connectivity index (χ3v) is 2.77. The Hall–Kier alpha value is -0.850. The minimum Gasteiger partial charge on any atom is -0.338 e. The molecule has 3 N–H and O–H groups in total. The second-order valence-electron chi connectivity index (χ2n) is 4.33. The highest BCUT2D eigenvalue weighted by Gasteiger charge is 2.20. The third-order valence-electron chi connectivity index (χ3n) is 2.77. The minimum absolute atomic E-state index is 0. The molecule has 1 rings (SSSR count). The molecule has 0 aromatic carbocycles. The molecule has 1 aliphatic heterocycles. The molecule has 1 aliphatic rings. The van der Waals surface area contributed by atoms with Gasteiger partial charge in [0.2, 0.25) is 5.91 Å². The molecule has 6 nitrogen and oxygen atoms in total. The van der Waals surface area contributed by atoms with E-state index in [-0.39, 0.29) is 24.9 Å². The van der Waals surface area contributed by atoms with Crippen molar-refractivity contribution in [2.45, 2.75) is 26.3 Å². The van der Waals surface area contributed by atoms with Gasteiger partial charge in [-0.3, -0.25) is 15.0 Å². The van der Waals surface area contributed by atoms with Crippen LogP contribution in [0, 0.1) is 0 Å². The lowest BCUT2D eigenvalue weighted by Crippen LogP contribution is -2.53. The first kappa shape index (κ1) is 17.2. The number of rotatable bonds is 4. The van der Waals surface area contributed by atoms with E-state index in [9.17, 15) is 9.59 Å². The van der Waals surface area contributed by atoms with Gasteiger partial charge in [-0.15, -0.1) is 12.4 Å². The van der Waals surface area contributed by atoms with Crippen molar-refractivity contribution in [1.82, 2.24) is 20.9 Å². The molecule has 0 saturated carbocycles. The zero-order chi connectivity index (χ0) is 12.7.